The standard InChI is InChI=1S/C10H19NO6S/c1-8(3-4-9(12)13)5-6-11-18(15,16)7-10(14)17-2/h8,11H,3-7H2,1-2H3,(H,12,13). The van der Waals surface area contributed by atoms with E-state index in [0.717, 1.165) is 7.11 Å². The molecule has 0 saturated heterocycles. The third-order valence-corrected chi connectivity index (χ3v) is 3.61. The maximum atomic E-state index is 11.3. The molecule has 0 rings (SSSR count). The van der Waals surface area contributed by atoms with Crippen LogP contribution in [0.25, 0.3) is 0 Å². The van der Waals surface area contributed by atoms with Gasteiger partial charge in [0.25, 0.3) is 0 Å². The molecule has 0 aliphatic rings. The Labute approximate surface area is 107 Å². The van der Waals surface area contributed by atoms with E-state index in [2.05, 4.69) is 9.46 Å². The number of carboxylic acid groups (broad SMARTS) is 1. The molecular formula is C10H19NO6S. The Morgan fingerprint density at radius 3 is 2.44 bits per heavy atom. The van der Waals surface area contributed by atoms with Crippen molar-refractivity contribution in [2.24, 2.45) is 5.92 Å². The molecule has 0 aromatic carbocycles. The van der Waals surface area contributed by atoms with E-state index < -0.39 is 27.7 Å². The monoisotopic (exact) mass is 281 g/mol. The predicted octanol–water partition coefficient (Wildman–Crippen LogP) is -0.0302. The Morgan fingerprint density at radius 1 is 1.33 bits per heavy atom. The fraction of sp³-hybridized carbons (Fsp3) is 0.800. The van der Waals surface area contributed by atoms with Crippen LogP contribution in [0.3, 0.4) is 0 Å². The summed E-state index contributed by atoms with van der Waals surface area (Å²) < 4.78 is 29.2. The summed E-state index contributed by atoms with van der Waals surface area (Å²) in [5.74, 6) is -2.29. The van der Waals surface area contributed by atoms with Gasteiger partial charge in [-0.05, 0) is 18.8 Å². The number of hydrogen-bond acceptors (Lipinski definition) is 5. The number of rotatable bonds is 9. The average Bonchev–Trinajstić information content (AvgIpc) is 2.25. The van der Waals surface area contributed by atoms with Crippen LogP contribution in [0.15, 0.2) is 0 Å². The minimum atomic E-state index is -3.66. The first kappa shape index (κ1) is 16.9. The molecule has 0 radical (unpaired) electrons. The summed E-state index contributed by atoms with van der Waals surface area (Å²) in [6.07, 6.45) is 1.08. The average molecular weight is 281 g/mol. The minimum Gasteiger partial charge on any atom is -0.481 e. The van der Waals surface area contributed by atoms with Gasteiger partial charge in [-0.2, -0.15) is 0 Å². The van der Waals surface area contributed by atoms with Gasteiger partial charge in [0.1, 0.15) is 0 Å². The van der Waals surface area contributed by atoms with Crippen molar-refractivity contribution in [1.82, 2.24) is 4.72 Å². The molecule has 0 fully saturated rings. The molecule has 1 unspecified atom stereocenters. The summed E-state index contributed by atoms with van der Waals surface area (Å²) in [7, 11) is -2.54. The van der Waals surface area contributed by atoms with Crippen LogP contribution in [0, 0.1) is 5.92 Å². The van der Waals surface area contributed by atoms with E-state index in [1.807, 2.05) is 6.92 Å². The number of ether oxygens (including phenoxy) is 1. The molecule has 0 aromatic heterocycles. The van der Waals surface area contributed by atoms with Gasteiger partial charge < -0.3 is 9.84 Å². The maximum Gasteiger partial charge on any atom is 0.322 e. The van der Waals surface area contributed by atoms with Crippen LogP contribution >= 0.6 is 0 Å². The number of aliphatic carboxylic acids is 1. The molecule has 8 heteroatoms. The lowest BCUT2D eigenvalue weighted by molar-refractivity contribution is -0.138. The minimum absolute atomic E-state index is 0.0656. The molecule has 0 bridgehead atoms. The first-order chi connectivity index (χ1) is 8.26. The number of carbonyl (C=O) groups is 2. The van der Waals surface area contributed by atoms with Crippen molar-refractivity contribution in [2.75, 3.05) is 19.4 Å². The fourth-order valence-electron chi connectivity index (χ4n) is 1.24. The van der Waals surface area contributed by atoms with Crippen LogP contribution in [-0.4, -0.2) is 44.9 Å². The number of nitrogens with one attached hydrogen (secondary N) is 1. The second-order valence-electron chi connectivity index (χ2n) is 4.06. The van der Waals surface area contributed by atoms with Gasteiger partial charge in [-0.15, -0.1) is 0 Å². The fourth-order valence-corrected chi connectivity index (χ4v) is 2.20. The molecule has 18 heavy (non-hydrogen) atoms. The third-order valence-electron chi connectivity index (χ3n) is 2.35. The van der Waals surface area contributed by atoms with Crippen LogP contribution in [0.4, 0.5) is 0 Å². The topological polar surface area (TPSA) is 110 Å². The third kappa shape index (κ3) is 8.94. The number of carboxylic acids is 1. The molecule has 1 atom stereocenters. The van der Waals surface area contributed by atoms with Crippen LogP contribution < -0.4 is 4.72 Å². The Hall–Kier alpha value is -1.15. The first-order valence-electron chi connectivity index (χ1n) is 5.52. The van der Waals surface area contributed by atoms with Crippen molar-refractivity contribution in [3.63, 3.8) is 0 Å². The van der Waals surface area contributed by atoms with Gasteiger partial charge in [0.2, 0.25) is 10.0 Å². The molecule has 2 N–H and O–H groups in total. The van der Waals surface area contributed by atoms with Gasteiger partial charge in [0.05, 0.1) is 7.11 Å². The normalized spacial score (nSPS) is 13.0. The Bertz CT molecular complexity index is 378. The molecule has 0 spiro atoms. The van der Waals surface area contributed by atoms with Crippen molar-refractivity contribution in [3.8, 4) is 0 Å². The molecule has 0 aliphatic carbocycles. The summed E-state index contributed by atoms with van der Waals surface area (Å²) in [5.41, 5.74) is 0. The molecule has 0 aliphatic heterocycles. The molecule has 0 aromatic rings. The van der Waals surface area contributed by atoms with Crippen molar-refractivity contribution >= 4 is 22.0 Å². The Kier molecular flexibility index (Phi) is 7.53. The molecule has 7 nitrogen and oxygen atoms in total. The zero-order valence-corrected chi connectivity index (χ0v) is 11.3. The van der Waals surface area contributed by atoms with E-state index in [0.29, 0.717) is 12.8 Å². The Balaban J connectivity index is 3.89. The van der Waals surface area contributed by atoms with Gasteiger partial charge >= 0.3 is 11.9 Å². The van der Waals surface area contributed by atoms with Crippen LogP contribution in [0.2, 0.25) is 0 Å². The number of carbonyl (C=O) groups excluding carboxylic acids is 1. The number of hydrogen-bond donors (Lipinski definition) is 2. The van der Waals surface area contributed by atoms with Gasteiger partial charge in [-0.25, -0.2) is 13.1 Å². The number of esters is 1. The second-order valence-corrected chi connectivity index (χ2v) is 5.86. The zero-order chi connectivity index (χ0) is 14.2. The van der Waals surface area contributed by atoms with Crippen molar-refractivity contribution in [2.45, 2.75) is 26.2 Å². The van der Waals surface area contributed by atoms with E-state index in [4.69, 9.17) is 5.11 Å². The largest absolute Gasteiger partial charge is 0.481 e. The maximum absolute atomic E-state index is 11.3. The van der Waals surface area contributed by atoms with Crippen LogP contribution in [0.5, 0.6) is 0 Å². The smallest absolute Gasteiger partial charge is 0.322 e. The molecule has 0 saturated carbocycles. The van der Waals surface area contributed by atoms with E-state index in [1.165, 1.54) is 0 Å². The van der Waals surface area contributed by atoms with Gasteiger partial charge in [0.15, 0.2) is 5.75 Å². The molecule has 0 amide bonds. The summed E-state index contributed by atoms with van der Waals surface area (Å²) >= 11 is 0. The quantitative estimate of drug-likeness (QED) is 0.574. The van der Waals surface area contributed by atoms with Gasteiger partial charge in [0, 0.05) is 13.0 Å². The van der Waals surface area contributed by atoms with Crippen molar-refractivity contribution in [3.05, 3.63) is 0 Å². The highest BCUT2D eigenvalue weighted by atomic mass is 32.2. The zero-order valence-electron chi connectivity index (χ0n) is 10.5. The van der Waals surface area contributed by atoms with Crippen molar-refractivity contribution < 1.29 is 27.9 Å². The molecule has 0 heterocycles. The van der Waals surface area contributed by atoms with Crippen molar-refractivity contribution in [1.29, 1.82) is 0 Å². The van der Waals surface area contributed by atoms with E-state index in [9.17, 15) is 18.0 Å². The SMILES string of the molecule is COC(=O)CS(=O)(=O)NCCC(C)CCC(=O)O. The highest BCUT2D eigenvalue weighted by molar-refractivity contribution is 7.90. The highest BCUT2D eigenvalue weighted by Gasteiger charge is 2.16. The lowest BCUT2D eigenvalue weighted by atomic mass is 10.0. The summed E-state index contributed by atoms with van der Waals surface area (Å²) in [6, 6.07) is 0. The van der Waals surface area contributed by atoms with E-state index in [1.54, 1.807) is 0 Å². The second kappa shape index (κ2) is 8.04. The Morgan fingerprint density at radius 2 is 1.94 bits per heavy atom. The van der Waals surface area contributed by atoms with Gasteiger partial charge in [-0.1, -0.05) is 6.92 Å². The molecule has 106 valence electrons. The number of sulfonamides is 1. The van der Waals surface area contributed by atoms with Gasteiger partial charge in [-0.3, -0.25) is 9.59 Å². The van der Waals surface area contributed by atoms with Crippen LogP contribution in [-0.2, 0) is 24.3 Å². The number of methoxy groups -OCH3 is 1. The predicted molar refractivity (Wildman–Crippen MR) is 64.5 cm³/mol. The van der Waals surface area contributed by atoms with Crippen LogP contribution in [0.1, 0.15) is 26.2 Å². The molecular weight excluding hydrogens is 262 g/mol. The lowest BCUT2D eigenvalue weighted by Crippen LogP contribution is -2.32. The van der Waals surface area contributed by atoms with E-state index in [-0.39, 0.29) is 18.9 Å². The highest BCUT2D eigenvalue weighted by Crippen LogP contribution is 2.09. The summed E-state index contributed by atoms with van der Waals surface area (Å²) in [6.45, 7) is 2.03. The summed E-state index contributed by atoms with van der Waals surface area (Å²) in [4.78, 5) is 21.1. The lowest BCUT2D eigenvalue weighted by Gasteiger charge is -2.10. The van der Waals surface area contributed by atoms with E-state index >= 15 is 0 Å². The first-order valence-corrected chi connectivity index (χ1v) is 7.18. The summed E-state index contributed by atoms with van der Waals surface area (Å²) in [5, 5.41) is 8.48.